The van der Waals surface area contributed by atoms with Gasteiger partial charge >= 0.3 is 6.18 Å². The molecule has 0 saturated heterocycles. The molecule has 1 rings (SSSR count). The van der Waals surface area contributed by atoms with Gasteiger partial charge in [-0.1, -0.05) is 0 Å². The fraction of sp³-hybridized carbons (Fsp3) is 0.333. The van der Waals surface area contributed by atoms with Gasteiger partial charge in [0, 0.05) is 13.1 Å². The van der Waals surface area contributed by atoms with Crippen molar-refractivity contribution < 1.29 is 22.3 Å². The minimum atomic E-state index is -4.43. The molecule has 15 heavy (non-hydrogen) atoms. The highest BCUT2D eigenvalue weighted by Gasteiger charge is 2.28. The zero-order valence-corrected chi connectivity index (χ0v) is 7.86. The average molecular weight is 223 g/mol. The molecule has 0 amide bonds. The van der Waals surface area contributed by atoms with E-state index >= 15 is 0 Å². The Morgan fingerprint density at radius 3 is 2.53 bits per heavy atom. The van der Waals surface area contributed by atoms with E-state index in [9.17, 15) is 17.6 Å². The summed E-state index contributed by atoms with van der Waals surface area (Å²) in [5.74, 6) is -0.805. The van der Waals surface area contributed by atoms with Crippen LogP contribution in [0.1, 0.15) is 0 Å². The monoisotopic (exact) mass is 223 g/mol. The Bertz CT molecular complexity index is 337. The second-order valence-corrected chi connectivity index (χ2v) is 2.79. The molecule has 0 fully saturated rings. The van der Waals surface area contributed by atoms with E-state index in [1.54, 1.807) is 0 Å². The molecule has 0 spiro atoms. The van der Waals surface area contributed by atoms with Crippen LogP contribution in [0.4, 0.5) is 23.2 Å². The van der Waals surface area contributed by atoms with Crippen LogP contribution in [0.2, 0.25) is 0 Å². The van der Waals surface area contributed by atoms with E-state index in [0.717, 1.165) is 12.1 Å². The molecule has 0 saturated carbocycles. The third kappa shape index (κ3) is 3.65. The summed E-state index contributed by atoms with van der Waals surface area (Å²) in [5, 5.41) is 2.60. The molecule has 0 aliphatic carbocycles. The number of benzene rings is 1. The van der Waals surface area contributed by atoms with Gasteiger partial charge in [0.25, 0.3) is 0 Å². The SMILES string of the molecule is CNc1ccc(F)cc1OCC(F)(F)F. The predicted octanol–water partition coefficient (Wildman–Crippen LogP) is 2.81. The lowest BCUT2D eigenvalue weighted by molar-refractivity contribution is -0.153. The lowest BCUT2D eigenvalue weighted by atomic mass is 10.3. The first-order chi connectivity index (χ1) is 6.92. The van der Waals surface area contributed by atoms with Gasteiger partial charge < -0.3 is 10.1 Å². The molecule has 0 aliphatic heterocycles. The minimum Gasteiger partial charge on any atom is -0.482 e. The van der Waals surface area contributed by atoms with Crippen LogP contribution >= 0.6 is 0 Å². The normalized spacial score (nSPS) is 11.3. The highest BCUT2D eigenvalue weighted by atomic mass is 19.4. The van der Waals surface area contributed by atoms with Crippen molar-refractivity contribution in [2.45, 2.75) is 6.18 Å². The van der Waals surface area contributed by atoms with Gasteiger partial charge in [-0.2, -0.15) is 13.2 Å². The van der Waals surface area contributed by atoms with Crippen molar-refractivity contribution in [3.63, 3.8) is 0 Å². The average Bonchev–Trinajstić information content (AvgIpc) is 2.14. The van der Waals surface area contributed by atoms with E-state index in [-0.39, 0.29) is 5.75 Å². The van der Waals surface area contributed by atoms with Crippen LogP contribution in [0, 0.1) is 5.82 Å². The maximum atomic E-state index is 12.7. The molecule has 0 aromatic heterocycles. The fourth-order valence-corrected chi connectivity index (χ4v) is 0.982. The first-order valence-electron chi connectivity index (χ1n) is 4.09. The van der Waals surface area contributed by atoms with Crippen molar-refractivity contribution in [1.82, 2.24) is 0 Å². The van der Waals surface area contributed by atoms with Crippen LogP contribution in [0.3, 0.4) is 0 Å². The second kappa shape index (κ2) is 4.37. The highest BCUT2D eigenvalue weighted by Crippen LogP contribution is 2.26. The molecule has 0 radical (unpaired) electrons. The maximum Gasteiger partial charge on any atom is 0.422 e. The van der Waals surface area contributed by atoms with Crippen molar-refractivity contribution in [3.8, 4) is 5.75 Å². The molecule has 6 heteroatoms. The van der Waals surface area contributed by atoms with Crippen LogP contribution in [0.25, 0.3) is 0 Å². The van der Waals surface area contributed by atoms with Gasteiger partial charge in [-0.15, -0.1) is 0 Å². The Morgan fingerprint density at radius 1 is 1.33 bits per heavy atom. The van der Waals surface area contributed by atoms with Crippen LogP contribution < -0.4 is 10.1 Å². The van der Waals surface area contributed by atoms with E-state index in [1.807, 2.05) is 0 Å². The van der Waals surface area contributed by atoms with E-state index in [4.69, 9.17) is 0 Å². The van der Waals surface area contributed by atoms with Crippen molar-refractivity contribution in [1.29, 1.82) is 0 Å². The van der Waals surface area contributed by atoms with Crippen molar-refractivity contribution in [3.05, 3.63) is 24.0 Å². The van der Waals surface area contributed by atoms with E-state index in [2.05, 4.69) is 10.1 Å². The number of anilines is 1. The van der Waals surface area contributed by atoms with Gasteiger partial charge in [-0.25, -0.2) is 4.39 Å². The molecule has 0 atom stereocenters. The van der Waals surface area contributed by atoms with E-state index in [1.165, 1.54) is 13.1 Å². The number of alkyl halides is 3. The first kappa shape index (κ1) is 11.6. The fourth-order valence-electron chi connectivity index (χ4n) is 0.982. The van der Waals surface area contributed by atoms with Crippen LogP contribution in [0.15, 0.2) is 18.2 Å². The maximum absolute atomic E-state index is 12.7. The largest absolute Gasteiger partial charge is 0.482 e. The van der Waals surface area contributed by atoms with Crippen molar-refractivity contribution in [2.24, 2.45) is 0 Å². The predicted molar refractivity (Wildman–Crippen MR) is 47.5 cm³/mol. The van der Waals surface area contributed by atoms with Crippen molar-refractivity contribution in [2.75, 3.05) is 19.0 Å². The molecule has 1 aromatic carbocycles. The highest BCUT2D eigenvalue weighted by molar-refractivity contribution is 5.55. The van der Waals surface area contributed by atoms with Crippen molar-refractivity contribution >= 4 is 5.69 Å². The summed E-state index contributed by atoms with van der Waals surface area (Å²) in [6.45, 7) is -1.44. The third-order valence-corrected chi connectivity index (χ3v) is 1.60. The third-order valence-electron chi connectivity index (χ3n) is 1.60. The number of hydrogen-bond donors (Lipinski definition) is 1. The number of hydrogen-bond acceptors (Lipinski definition) is 2. The molecule has 0 bridgehead atoms. The minimum absolute atomic E-state index is 0.158. The molecular weight excluding hydrogens is 214 g/mol. The summed E-state index contributed by atoms with van der Waals surface area (Å²) in [7, 11) is 1.51. The molecule has 0 aliphatic rings. The Balaban J connectivity index is 2.79. The number of nitrogens with one attached hydrogen (secondary N) is 1. The Hall–Kier alpha value is -1.46. The van der Waals surface area contributed by atoms with Gasteiger partial charge in [0.2, 0.25) is 0 Å². The van der Waals surface area contributed by atoms with E-state index in [0.29, 0.717) is 5.69 Å². The Labute approximate surface area is 83.9 Å². The van der Waals surface area contributed by atoms with Gasteiger partial charge in [0.05, 0.1) is 5.69 Å². The standard InChI is InChI=1S/C9H9F4NO/c1-14-7-3-2-6(10)4-8(7)15-5-9(11,12)13/h2-4,14H,5H2,1H3. The quantitative estimate of drug-likeness (QED) is 0.795. The lowest BCUT2D eigenvalue weighted by Crippen LogP contribution is -2.19. The zero-order chi connectivity index (χ0) is 11.5. The van der Waals surface area contributed by atoms with E-state index < -0.39 is 18.6 Å². The van der Waals surface area contributed by atoms with Crippen LogP contribution in [0.5, 0.6) is 5.75 Å². The summed E-state index contributed by atoms with van der Waals surface area (Å²) < 4.78 is 52.7. The molecule has 0 heterocycles. The topological polar surface area (TPSA) is 21.3 Å². The molecular formula is C9H9F4NO. The number of halogens is 4. The first-order valence-corrected chi connectivity index (χ1v) is 4.09. The van der Waals surface area contributed by atoms with Gasteiger partial charge in [-0.3, -0.25) is 0 Å². The lowest BCUT2D eigenvalue weighted by Gasteiger charge is -2.12. The van der Waals surface area contributed by atoms with Gasteiger partial charge in [0.15, 0.2) is 6.61 Å². The molecule has 0 unspecified atom stereocenters. The number of rotatable bonds is 3. The molecule has 1 aromatic rings. The Kier molecular flexibility index (Phi) is 3.39. The zero-order valence-electron chi connectivity index (χ0n) is 7.86. The Morgan fingerprint density at radius 2 is 2.00 bits per heavy atom. The summed E-state index contributed by atoms with van der Waals surface area (Å²) in [4.78, 5) is 0. The second-order valence-electron chi connectivity index (χ2n) is 2.79. The number of ether oxygens (including phenoxy) is 1. The van der Waals surface area contributed by atoms with Gasteiger partial charge in [0.1, 0.15) is 11.6 Å². The summed E-state index contributed by atoms with van der Waals surface area (Å²) in [6, 6.07) is 3.34. The summed E-state index contributed by atoms with van der Waals surface area (Å²) in [6.07, 6.45) is -4.43. The smallest absolute Gasteiger partial charge is 0.422 e. The summed E-state index contributed by atoms with van der Waals surface area (Å²) >= 11 is 0. The molecule has 2 nitrogen and oxygen atoms in total. The molecule has 1 N–H and O–H groups in total. The van der Waals surface area contributed by atoms with Crippen LogP contribution in [-0.4, -0.2) is 19.8 Å². The summed E-state index contributed by atoms with van der Waals surface area (Å²) in [5.41, 5.74) is 0.306. The van der Waals surface area contributed by atoms with Crippen LogP contribution in [-0.2, 0) is 0 Å². The molecule has 84 valence electrons. The van der Waals surface area contributed by atoms with Gasteiger partial charge in [-0.05, 0) is 12.1 Å².